The van der Waals surface area contributed by atoms with Gasteiger partial charge in [0.2, 0.25) is 0 Å². The van der Waals surface area contributed by atoms with Crippen LogP contribution in [0, 0.1) is 0 Å². The van der Waals surface area contributed by atoms with Crippen molar-refractivity contribution < 1.29 is 22.4 Å². The van der Waals surface area contributed by atoms with Crippen LogP contribution in [0.15, 0.2) is 75.9 Å². The molecule has 0 atom stereocenters. The molecule has 4 aromatic rings. The number of aromatic amines is 1. The molecule has 0 saturated carbocycles. The van der Waals surface area contributed by atoms with Crippen LogP contribution in [0.25, 0.3) is 22.2 Å². The average Bonchev–Trinajstić information content (AvgIpc) is 3.06. The molecule has 0 fully saturated rings. The van der Waals surface area contributed by atoms with Crippen molar-refractivity contribution in [2.75, 3.05) is 5.32 Å². The van der Waals surface area contributed by atoms with Crippen LogP contribution in [0.5, 0.6) is 0 Å². The number of nitrogens with one attached hydrogen (secondary N) is 2. The number of anilines is 1. The SMILES string of the molecule is O=C(Nc1ccc2oc(=O)[nH]c2c1)c1ccccc1-c1ccc(C(F)(F)F)cc1. The summed E-state index contributed by atoms with van der Waals surface area (Å²) >= 11 is 0. The predicted octanol–water partition coefficient (Wildman–Crippen LogP) is 5.06. The Kier molecular flexibility index (Phi) is 4.46. The molecule has 0 saturated heterocycles. The first kappa shape index (κ1) is 18.5. The van der Waals surface area contributed by atoms with Crippen molar-refractivity contribution in [3.05, 3.63) is 88.4 Å². The Hall–Kier alpha value is -3.81. The van der Waals surface area contributed by atoms with Gasteiger partial charge in [-0.3, -0.25) is 9.78 Å². The number of fused-ring (bicyclic) bond motifs is 1. The van der Waals surface area contributed by atoms with E-state index in [0.29, 0.717) is 33.5 Å². The minimum atomic E-state index is -4.43. The summed E-state index contributed by atoms with van der Waals surface area (Å²) in [5, 5.41) is 2.72. The maximum absolute atomic E-state index is 12.8. The lowest BCUT2D eigenvalue weighted by molar-refractivity contribution is -0.137. The van der Waals surface area contributed by atoms with Crippen molar-refractivity contribution >= 4 is 22.7 Å². The molecule has 29 heavy (non-hydrogen) atoms. The number of carbonyl (C=O) groups is 1. The first-order valence-corrected chi connectivity index (χ1v) is 8.52. The van der Waals surface area contributed by atoms with Crippen LogP contribution in [0.3, 0.4) is 0 Å². The molecular weight excluding hydrogens is 385 g/mol. The van der Waals surface area contributed by atoms with Crippen LogP contribution in [-0.4, -0.2) is 10.9 Å². The van der Waals surface area contributed by atoms with Gasteiger partial charge in [-0.05, 0) is 47.5 Å². The third-order valence-electron chi connectivity index (χ3n) is 4.37. The van der Waals surface area contributed by atoms with Gasteiger partial charge in [0, 0.05) is 11.3 Å². The summed E-state index contributed by atoms with van der Waals surface area (Å²) in [7, 11) is 0. The lowest BCUT2D eigenvalue weighted by Crippen LogP contribution is -2.13. The summed E-state index contributed by atoms with van der Waals surface area (Å²) < 4.78 is 43.3. The van der Waals surface area contributed by atoms with Crippen molar-refractivity contribution in [2.45, 2.75) is 6.18 Å². The zero-order chi connectivity index (χ0) is 20.6. The van der Waals surface area contributed by atoms with Gasteiger partial charge < -0.3 is 9.73 Å². The monoisotopic (exact) mass is 398 g/mol. The second-order valence-electron chi connectivity index (χ2n) is 6.30. The number of carbonyl (C=O) groups excluding carboxylic acids is 1. The molecule has 0 aliphatic rings. The molecule has 146 valence electrons. The van der Waals surface area contributed by atoms with Gasteiger partial charge in [-0.25, -0.2) is 4.79 Å². The zero-order valence-electron chi connectivity index (χ0n) is 14.7. The number of oxazole rings is 1. The van der Waals surface area contributed by atoms with Crippen LogP contribution in [0.4, 0.5) is 18.9 Å². The molecule has 2 N–H and O–H groups in total. The van der Waals surface area contributed by atoms with E-state index in [1.165, 1.54) is 12.1 Å². The lowest BCUT2D eigenvalue weighted by Gasteiger charge is -2.12. The predicted molar refractivity (Wildman–Crippen MR) is 102 cm³/mol. The summed E-state index contributed by atoms with van der Waals surface area (Å²) in [5.41, 5.74) is 1.75. The molecule has 1 amide bonds. The van der Waals surface area contributed by atoms with Gasteiger partial charge >= 0.3 is 11.9 Å². The van der Waals surface area contributed by atoms with E-state index >= 15 is 0 Å². The van der Waals surface area contributed by atoms with E-state index in [1.54, 1.807) is 42.5 Å². The molecule has 1 aromatic heterocycles. The van der Waals surface area contributed by atoms with Crippen LogP contribution in [0.1, 0.15) is 15.9 Å². The van der Waals surface area contributed by atoms with Crippen LogP contribution in [-0.2, 0) is 6.18 Å². The largest absolute Gasteiger partial charge is 0.417 e. The van der Waals surface area contributed by atoms with Crippen molar-refractivity contribution in [3.63, 3.8) is 0 Å². The molecule has 0 unspecified atom stereocenters. The van der Waals surface area contributed by atoms with Crippen molar-refractivity contribution in [3.8, 4) is 11.1 Å². The topological polar surface area (TPSA) is 75.1 Å². The Morgan fingerprint density at radius 1 is 0.966 bits per heavy atom. The van der Waals surface area contributed by atoms with E-state index < -0.39 is 23.4 Å². The summed E-state index contributed by atoms with van der Waals surface area (Å²) in [6.45, 7) is 0. The van der Waals surface area contributed by atoms with E-state index in [9.17, 15) is 22.8 Å². The molecule has 1 heterocycles. The molecule has 3 aromatic carbocycles. The van der Waals surface area contributed by atoms with Gasteiger partial charge in [0.15, 0.2) is 5.58 Å². The molecule has 8 heteroatoms. The van der Waals surface area contributed by atoms with Crippen molar-refractivity contribution in [1.29, 1.82) is 0 Å². The molecule has 0 aliphatic carbocycles. The Morgan fingerprint density at radius 3 is 2.41 bits per heavy atom. The summed E-state index contributed by atoms with van der Waals surface area (Å²) in [5.74, 6) is -1.04. The number of H-pyrrole nitrogens is 1. The normalized spacial score (nSPS) is 11.6. The van der Waals surface area contributed by atoms with E-state index in [2.05, 4.69) is 10.3 Å². The minimum Gasteiger partial charge on any atom is -0.408 e. The van der Waals surface area contributed by atoms with Crippen LogP contribution in [0.2, 0.25) is 0 Å². The lowest BCUT2D eigenvalue weighted by atomic mass is 9.98. The summed E-state index contributed by atoms with van der Waals surface area (Å²) in [4.78, 5) is 26.5. The number of hydrogen-bond acceptors (Lipinski definition) is 3. The fourth-order valence-corrected chi connectivity index (χ4v) is 3.00. The maximum atomic E-state index is 12.8. The van der Waals surface area contributed by atoms with Gasteiger partial charge in [0.25, 0.3) is 5.91 Å². The summed E-state index contributed by atoms with van der Waals surface area (Å²) in [6.07, 6.45) is -4.43. The third kappa shape index (κ3) is 3.77. The average molecular weight is 398 g/mol. The van der Waals surface area contributed by atoms with Crippen molar-refractivity contribution in [2.24, 2.45) is 0 Å². The smallest absolute Gasteiger partial charge is 0.408 e. The summed E-state index contributed by atoms with van der Waals surface area (Å²) in [6, 6.07) is 15.9. The van der Waals surface area contributed by atoms with Gasteiger partial charge in [0.1, 0.15) is 0 Å². The Morgan fingerprint density at radius 2 is 1.69 bits per heavy atom. The Balaban J connectivity index is 1.64. The number of alkyl halides is 3. The third-order valence-corrected chi connectivity index (χ3v) is 4.37. The highest BCUT2D eigenvalue weighted by Crippen LogP contribution is 2.32. The standard InChI is InChI=1S/C21H13F3N2O3/c22-21(23,24)13-7-5-12(6-8-13)15-3-1-2-4-16(15)19(27)25-14-9-10-18-17(11-14)26-20(28)29-18/h1-11H,(H,25,27)(H,26,28). The van der Waals surface area contributed by atoms with E-state index in [4.69, 9.17) is 4.42 Å². The van der Waals surface area contributed by atoms with Gasteiger partial charge in [-0.2, -0.15) is 13.2 Å². The highest BCUT2D eigenvalue weighted by Gasteiger charge is 2.30. The number of amides is 1. The fourth-order valence-electron chi connectivity index (χ4n) is 3.00. The van der Waals surface area contributed by atoms with Crippen molar-refractivity contribution in [1.82, 2.24) is 4.98 Å². The molecule has 4 rings (SSSR count). The molecule has 0 bridgehead atoms. The molecule has 0 radical (unpaired) electrons. The number of aromatic nitrogens is 1. The molecular formula is C21H13F3N2O3. The van der Waals surface area contributed by atoms with E-state index in [-0.39, 0.29) is 0 Å². The van der Waals surface area contributed by atoms with Crippen LogP contribution < -0.4 is 11.1 Å². The van der Waals surface area contributed by atoms with Crippen LogP contribution >= 0.6 is 0 Å². The quantitative estimate of drug-likeness (QED) is 0.507. The number of hydrogen-bond donors (Lipinski definition) is 2. The second-order valence-corrected chi connectivity index (χ2v) is 6.30. The van der Waals surface area contributed by atoms with Gasteiger partial charge in [0.05, 0.1) is 11.1 Å². The maximum Gasteiger partial charge on any atom is 0.417 e. The zero-order valence-corrected chi connectivity index (χ0v) is 14.7. The minimum absolute atomic E-state index is 0.299. The Bertz CT molecular complexity index is 1250. The first-order valence-electron chi connectivity index (χ1n) is 8.52. The molecule has 0 spiro atoms. The second kappa shape index (κ2) is 6.97. The number of halogens is 3. The van der Waals surface area contributed by atoms with E-state index in [0.717, 1.165) is 12.1 Å². The Labute approximate surface area is 161 Å². The number of benzene rings is 3. The highest BCUT2D eigenvalue weighted by atomic mass is 19.4. The first-order chi connectivity index (χ1) is 13.8. The number of rotatable bonds is 3. The molecule has 0 aliphatic heterocycles. The molecule has 5 nitrogen and oxygen atoms in total. The van der Waals surface area contributed by atoms with Gasteiger partial charge in [-0.1, -0.05) is 30.3 Å². The highest BCUT2D eigenvalue weighted by molar-refractivity contribution is 6.09. The fraction of sp³-hybridized carbons (Fsp3) is 0.0476. The van der Waals surface area contributed by atoms with Gasteiger partial charge in [-0.15, -0.1) is 0 Å². The van der Waals surface area contributed by atoms with E-state index in [1.807, 2.05) is 0 Å².